The van der Waals surface area contributed by atoms with Crippen molar-refractivity contribution in [1.29, 1.82) is 0 Å². The van der Waals surface area contributed by atoms with Gasteiger partial charge in [-0.2, -0.15) is 35.8 Å². The van der Waals surface area contributed by atoms with Crippen LogP contribution in [0.2, 0.25) is 0 Å². The van der Waals surface area contributed by atoms with Crippen molar-refractivity contribution in [3.63, 3.8) is 0 Å². The molecule has 0 fully saturated rings. The lowest BCUT2D eigenvalue weighted by molar-refractivity contribution is -0.359. The number of rotatable bonds is 2. The summed E-state index contributed by atoms with van der Waals surface area (Å²) in [6, 6.07) is 0.215. The summed E-state index contributed by atoms with van der Waals surface area (Å²) < 4.78 is 85.9. The van der Waals surface area contributed by atoms with Crippen LogP contribution in [-0.2, 0) is 5.92 Å². The second-order valence-electron chi connectivity index (χ2n) is 2.72. The van der Waals surface area contributed by atoms with E-state index in [1.165, 1.54) is 0 Å². The number of halogens is 7. The monoisotopic (exact) mass is 247 g/mol. The van der Waals surface area contributed by atoms with E-state index in [0.717, 1.165) is 0 Å². The van der Waals surface area contributed by atoms with E-state index in [-0.39, 0.29) is 12.3 Å². The molecule has 0 aliphatic rings. The van der Waals surface area contributed by atoms with Gasteiger partial charge >= 0.3 is 18.0 Å². The van der Waals surface area contributed by atoms with Crippen LogP contribution in [0.25, 0.3) is 0 Å². The van der Waals surface area contributed by atoms with E-state index in [1.54, 1.807) is 6.20 Å². The first-order valence-electron chi connectivity index (χ1n) is 3.62. The molecule has 1 heterocycles. The van der Waals surface area contributed by atoms with Gasteiger partial charge in [0.25, 0.3) is 0 Å². The molecule has 1 aromatic rings. The summed E-state index contributed by atoms with van der Waals surface area (Å²) in [6.07, 6.45) is -4.59. The maximum Gasteiger partial charge on any atom is 0.460 e. The topological polar surface area (TPSA) is 25.8 Å². The quantitative estimate of drug-likeness (QED) is 0.750. The predicted molar refractivity (Wildman–Crippen MR) is 35.8 cm³/mol. The van der Waals surface area contributed by atoms with Crippen molar-refractivity contribution in [3.8, 4) is 0 Å². The summed E-state index contributed by atoms with van der Waals surface area (Å²) in [5, 5.41) is 5.63. The fourth-order valence-corrected chi connectivity index (χ4v) is 0.791. The molecular formula is C7H2F7N2. The van der Waals surface area contributed by atoms with Crippen molar-refractivity contribution in [2.75, 3.05) is 0 Å². The number of aromatic nitrogens is 2. The Kier molecular flexibility index (Phi) is 2.82. The Balaban J connectivity index is 3.22. The molecule has 89 valence electrons. The first-order valence-corrected chi connectivity index (χ1v) is 3.62. The molecule has 0 saturated carbocycles. The lowest BCUT2D eigenvalue weighted by Crippen LogP contribution is -2.50. The van der Waals surface area contributed by atoms with E-state index in [1.807, 2.05) is 0 Å². The molecule has 0 spiro atoms. The van der Waals surface area contributed by atoms with Gasteiger partial charge in [0, 0.05) is 0 Å². The molecule has 16 heavy (non-hydrogen) atoms. The van der Waals surface area contributed by atoms with E-state index >= 15 is 0 Å². The summed E-state index contributed by atoms with van der Waals surface area (Å²) >= 11 is 0. The van der Waals surface area contributed by atoms with Crippen molar-refractivity contribution >= 4 is 0 Å². The number of hydrogen-bond donors (Lipinski definition) is 0. The van der Waals surface area contributed by atoms with Gasteiger partial charge in [-0.1, -0.05) is 0 Å². The van der Waals surface area contributed by atoms with Crippen LogP contribution in [0.1, 0.15) is 5.56 Å². The largest absolute Gasteiger partial charge is 0.460 e. The molecule has 0 aliphatic carbocycles. The van der Waals surface area contributed by atoms with Crippen LogP contribution >= 0.6 is 0 Å². The number of alkyl halides is 7. The Hall–Kier alpha value is -1.41. The van der Waals surface area contributed by atoms with Crippen molar-refractivity contribution < 1.29 is 30.7 Å². The minimum absolute atomic E-state index is 0.121. The molecular weight excluding hydrogens is 245 g/mol. The normalized spacial score (nSPS) is 13.9. The highest BCUT2D eigenvalue weighted by Crippen LogP contribution is 2.51. The molecule has 0 unspecified atom stereocenters. The average Bonchev–Trinajstić information content (AvgIpc) is 2.17. The Morgan fingerprint density at radius 3 is 1.94 bits per heavy atom. The highest BCUT2D eigenvalue weighted by molar-refractivity contribution is 5.17. The standard InChI is InChI=1S/C7H2F7N2/c8-5(9,4-1-2-15-16-3-4)6(10,11)7(12,13)14/h1,3H. The molecule has 0 aromatic carbocycles. The molecule has 1 radical (unpaired) electrons. The zero-order valence-corrected chi connectivity index (χ0v) is 7.19. The van der Waals surface area contributed by atoms with Gasteiger partial charge in [0.05, 0.1) is 11.8 Å². The zero-order chi connectivity index (χ0) is 12.6. The Morgan fingerprint density at radius 1 is 1.00 bits per heavy atom. The highest BCUT2D eigenvalue weighted by Gasteiger charge is 2.73. The molecule has 2 nitrogen and oxygen atoms in total. The summed E-state index contributed by atoms with van der Waals surface area (Å²) in [7, 11) is 0. The van der Waals surface area contributed by atoms with Crippen molar-refractivity contribution in [2.45, 2.75) is 18.0 Å². The second kappa shape index (κ2) is 3.56. The van der Waals surface area contributed by atoms with Crippen molar-refractivity contribution in [1.82, 2.24) is 10.2 Å². The Bertz CT molecular complexity index is 359. The lowest BCUT2D eigenvalue weighted by atomic mass is 10.0. The molecule has 0 saturated heterocycles. The maximum absolute atomic E-state index is 12.9. The summed E-state index contributed by atoms with van der Waals surface area (Å²) in [5.41, 5.74) is -1.61. The van der Waals surface area contributed by atoms with Crippen molar-refractivity contribution in [3.05, 3.63) is 24.0 Å². The van der Waals surface area contributed by atoms with Crippen molar-refractivity contribution in [2.24, 2.45) is 0 Å². The van der Waals surface area contributed by atoms with Crippen LogP contribution < -0.4 is 0 Å². The van der Waals surface area contributed by atoms with Gasteiger partial charge in [0.15, 0.2) is 0 Å². The van der Waals surface area contributed by atoms with Gasteiger partial charge in [-0.25, -0.2) is 0 Å². The van der Waals surface area contributed by atoms with Gasteiger partial charge in [0.2, 0.25) is 0 Å². The van der Waals surface area contributed by atoms with Crippen LogP contribution in [0.4, 0.5) is 30.7 Å². The van der Waals surface area contributed by atoms with E-state index in [4.69, 9.17) is 0 Å². The molecule has 0 bridgehead atoms. The maximum atomic E-state index is 12.9. The fraction of sp³-hybridized carbons (Fsp3) is 0.429. The van der Waals surface area contributed by atoms with Crippen LogP contribution in [0, 0.1) is 6.20 Å². The fourth-order valence-electron chi connectivity index (χ4n) is 0.791. The Morgan fingerprint density at radius 2 is 1.56 bits per heavy atom. The molecule has 0 amide bonds. The second-order valence-corrected chi connectivity index (χ2v) is 2.72. The highest BCUT2D eigenvalue weighted by atomic mass is 19.4. The SMILES string of the molecule is FC(F)(F)C(F)(F)C(F)(F)c1c[c]nnc1. The molecule has 1 rings (SSSR count). The van der Waals surface area contributed by atoms with Gasteiger partial charge in [0.1, 0.15) is 6.20 Å². The van der Waals surface area contributed by atoms with E-state index in [0.29, 0.717) is 0 Å². The number of nitrogens with zero attached hydrogens (tertiary/aromatic N) is 2. The molecule has 1 aromatic heterocycles. The third-order valence-electron chi connectivity index (χ3n) is 1.65. The number of hydrogen-bond acceptors (Lipinski definition) is 2. The Labute approximate surface area is 84.1 Å². The smallest absolute Gasteiger partial charge is 0.194 e. The van der Waals surface area contributed by atoms with E-state index in [2.05, 4.69) is 10.2 Å². The van der Waals surface area contributed by atoms with E-state index in [9.17, 15) is 30.7 Å². The first kappa shape index (κ1) is 12.7. The third-order valence-corrected chi connectivity index (χ3v) is 1.65. The molecule has 9 heteroatoms. The van der Waals surface area contributed by atoms with Gasteiger partial charge in [-0.15, -0.1) is 5.10 Å². The average molecular weight is 247 g/mol. The van der Waals surface area contributed by atoms with Gasteiger partial charge in [-0.05, 0) is 6.07 Å². The minimum Gasteiger partial charge on any atom is -0.194 e. The molecule has 0 aliphatic heterocycles. The minimum atomic E-state index is -6.36. The summed E-state index contributed by atoms with van der Waals surface area (Å²) in [6.45, 7) is 0. The lowest BCUT2D eigenvalue weighted by Gasteiger charge is -2.27. The first-order chi connectivity index (χ1) is 7.11. The van der Waals surface area contributed by atoms with Gasteiger partial charge in [-0.3, -0.25) is 0 Å². The molecule has 0 atom stereocenters. The van der Waals surface area contributed by atoms with Crippen LogP contribution in [0.5, 0.6) is 0 Å². The zero-order valence-electron chi connectivity index (χ0n) is 7.19. The summed E-state index contributed by atoms with van der Waals surface area (Å²) in [4.78, 5) is 0. The van der Waals surface area contributed by atoms with Crippen LogP contribution in [-0.4, -0.2) is 22.3 Å². The molecule has 0 N–H and O–H groups in total. The summed E-state index contributed by atoms with van der Waals surface area (Å²) in [5.74, 6) is -11.6. The van der Waals surface area contributed by atoms with Crippen LogP contribution in [0.3, 0.4) is 0 Å². The third kappa shape index (κ3) is 1.81. The van der Waals surface area contributed by atoms with Gasteiger partial charge < -0.3 is 0 Å². The van der Waals surface area contributed by atoms with E-state index < -0.39 is 23.6 Å². The predicted octanol–water partition coefficient (Wildman–Crippen LogP) is 2.57. The van der Waals surface area contributed by atoms with Crippen LogP contribution in [0.15, 0.2) is 12.3 Å².